The lowest BCUT2D eigenvalue weighted by molar-refractivity contribution is -0.185. The van der Waals surface area contributed by atoms with Gasteiger partial charge in [0.2, 0.25) is 0 Å². The van der Waals surface area contributed by atoms with Gasteiger partial charge < -0.3 is 15.6 Å². The highest BCUT2D eigenvalue weighted by Gasteiger charge is 2.46. The average Bonchev–Trinajstić information content (AvgIpc) is 1.57. The fourth-order valence-corrected chi connectivity index (χ4v) is 0.545. The van der Waals surface area contributed by atoms with Crippen LogP contribution in [0.3, 0.4) is 0 Å². The molecule has 1 fully saturated rings. The largest absolute Gasteiger partial charge is 0.385 e. The van der Waals surface area contributed by atoms with E-state index in [1.807, 2.05) is 0 Å². The molecule has 0 unspecified atom stereocenters. The van der Waals surface area contributed by atoms with Crippen LogP contribution in [0, 0.1) is 0 Å². The molecule has 0 saturated carbocycles. The topological polar surface area (TPSA) is 55.5 Å². The number of aliphatic hydroxyl groups is 1. The van der Waals surface area contributed by atoms with Crippen molar-refractivity contribution >= 4 is 15.7 Å². The lowest BCUT2D eigenvalue weighted by Crippen LogP contribution is -2.71. The minimum atomic E-state index is -1.54. The van der Waals surface area contributed by atoms with Crippen LogP contribution in [-0.4, -0.2) is 45.0 Å². The fourth-order valence-electron chi connectivity index (χ4n) is 0.545. The summed E-state index contributed by atoms with van der Waals surface area (Å²) in [6.45, 7) is 0.243. The lowest BCUT2D eigenvalue weighted by atomic mass is 9.53. The zero-order valence-corrected chi connectivity index (χ0v) is 5.00. The zero-order valence-electron chi connectivity index (χ0n) is 5.00. The van der Waals surface area contributed by atoms with E-state index >= 15 is 0 Å². The molecule has 3 N–H and O–H groups in total. The van der Waals surface area contributed by atoms with Crippen molar-refractivity contribution in [3.05, 3.63) is 0 Å². The Kier molecular flexibility index (Phi) is 1.38. The summed E-state index contributed by atoms with van der Waals surface area (Å²) >= 11 is 0. The summed E-state index contributed by atoms with van der Waals surface area (Å²) in [5.41, 5.74) is 3.97. The van der Waals surface area contributed by atoms with Gasteiger partial charge in [0.1, 0.15) is 5.60 Å². The highest BCUT2D eigenvalue weighted by molar-refractivity contribution is 6.40. The first kappa shape index (κ1) is 7.12. The second-order valence-electron chi connectivity index (χ2n) is 2.46. The number of hydrogen-bond acceptors (Lipinski definition) is 3. The van der Waals surface area contributed by atoms with Crippen LogP contribution in [0.25, 0.3) is 0 Å². The summed E-state index contributed by atoms with van der Waals surface area (Å²) in [5.74, 6) is 0. The van der Waals surface area contributed by atoms with Crippen molar-refractivity contribution in [2.24, 2.45) is 5.73 Å². The molecule has 0 amide bonds. The molecule has 1 heterocycles. The molecule has 0 bridgehead atoms. The third kappa shape index (κ3) is 1.000. The van der Waals surface area contributed by atoms with Gasteiger partial charge in [0.15, 0.2) is 0 Å². The fraction of sp³-hybridized carbons (Fsp3) is 1.00. The molecule has 1 rings (SSSR count). The van der Waals surface area contributed by atoms with Crippen molar-refractivity contribution in [3.63, 3.8) is 0 Å². The molecular weight excluding hydrogens is 116 g/mol. The predicted octanol–water partition coefficient (Wildman–Crippen LogP) is -2.30. The van der Waals surface area contributed by atoms with E-state index in [9.17, 15) is 5.11 Å². The van der Waals surface area contributed by atoms with Crippen LogP contribution in [0.5, 0.6) is 0 Å². The minimum absolute atomic E-state index is 0.122. The van der Waals surface area contributed by atoms with Gasteiger partial charge in [-0.2, -0.15) is 0 Å². The Hall–Kier alpha value is 0.00987. The van der Waals surface area contributed by atoms with Crippen LogP contribution in [-0.2, 0) is 4.74 Å². The molecule has 0 aromatic heterocycles. The Labute approximate surface area is 56.4 Å². The maximum Gasteiger partial charge on any atom is 0.113 e. The highest BCUT2D eigenvalue weighted by atomic mass is 16.5. The Morgan fingerprint density at radius 3 is 2.00 bits per heavy atom. The van der Waals surface area contributed by atoms with Crippen LogP contribution in [0.15, 0.2) is 0 Å². The van der Waals surface area contributed by atoms with Crippen molar-refractivity contribution < 1.29 is 9.84 Å². The Morgan fingerprint density at radius 2 is 2.00 bits per heavy atom. The zero-order chi connectivity index (χ0) is 7.12. The number of nitrogens with two attached hydrogens (primary N) is 1. The maximum atomic E-state index is 9.25. The van der Waals surface area contributed by atoms with Crippen LogP contribution >= 0.6 is 0 Å². The van der Waals surface area contributed by atoms with E-state index in [1.54, 1.807) is 0 Å². The summed E-state index contributed by atoms with van der Waals surface area (Å²) in [6.07, 6.45) is 0. The molecule has 46 valence electrons. The molecule has 1 aliphatic heterocycles. The predicted molar refractivity (Wildman–Crippen MR) is 34.2 cm³/mol. The lowest BCUT2D eigenvalue weighted by Gasteiger charge is -2.47. The van der Waals surface area contributed by atoms with Crippen molar-refractivity contribution in [1.29, 1.82) is 0 Å². The second kappa shape index (κ2) is 1.75. The SMILES string of the molecule is [B]C([B])(N)C1(O)COC1. The molecule has 0 aliphatic carbocycles. The minimum Gasteiger partial charge on any atom is -0.385 e. The van der Waals surface area contributed by atoms with Crippen LogP contribution in [0.1, 0.15) is 0 Å². The monoisotopic (exact) mass is 123 g/mol. The summed E-state index contributed by atoms with van der Waals surface area (Å²) in [6, 6.07) is 0. The summed E-state index contributed by atoms with van der Waals surface area (Å²) in [4.78, 5) is 0. The summed E-state index contributed by atoms with van der Waals surface area (Å²) in [7, 11) is 10.4. The van der Waals surface area contributed by atoms with Gasteiger partial charge in [-0.1, -0.05) is 0 Å². The Bertz CT molecular complexity index is 118. The second-order valence-corrected chi connectivity index (χ2v) is 2.46. The van der Waals surface area contributed by atoms with Crippen molar-refractivity contribution in [2.45, 2.75) is 10.9 Å². The molecule has 1 aliphatic rings. The first-order valence-corrected chi connectivity index (χ1v) is 2.62. The molecule has 9 heavy (non-hydrogen) atoms. The third-order valence-corrected chi connectivity index (χ3v) is 1.49. The van der Waals surface area contributed by atoms with E-state index in [0.29, 0.717) is 0 Å². The van der Waals surface area contributed by atoms with E-state index in [1.165, 1.54) is 0 Å². The summed E-state index contributed by atoms with van der Waals surface area (Å²) < 4.78 is 4.67. The molecule has 0 aromatic carbocycles. The first-order chi connectivity index (χ1) is 3.96. The maximum absolute atomic E-state index is 9.25. The quantitative estimate of drug-likeness (QED) is 0.385. The van der Waals surface area contributed by atoms with Crippen LogP contribution < -0.4 is 5.73 Å². The van der Waals surface area contributed by atoms with E-state index in [2.05, 4.69) is 4.74 Å². The Morgan fingerprint density at radius 1 is 1.56 bits per heavy atom. The smallest absolute Gasteiger partial charge is 0.113 e. The van der Waals surface area contributed by atoms with Gasteiger partial charge in [0.25, 0.3) is 0 Å². The molecule has 1 saturated heterocycles. The standard InChI is InChI=1S/C4H7B2NO2/c5-4(6,7)3(8)1-9-2-3/h8H,1-2,7H2. The van der Waals surface area contributed by atoms with E-state index in [0.717, 1.165) is 0 Å². The molecule has 4 radical (unpaired) electrons. The van der Waals surface area contributed by atoms with Crippen molar-refractivity contribution in [3.8, 4) is 0 Å². The molecular formula is C4H7B2NO2. The molecule has 0 atom stereocenters. The van der Waals surface area contributed by atoms with Gasteiger partial charge in [-0.05, 0) is 5.34 Å². The van der Waals surface area contributed by atoms with Gasteiger partial charge in [-0.15, -0.1) is 0 Å². The third-order valence-electron chi connectivity index (χ3n) is 1.49. The van der Waals surface area contributed by atoms with Gasteiger partial charge in [0.05, 0.1) is 28.9 Å². The van der Waals surface area contributed by atoms with E-state index in [4.69, 9.17) is 21.4 Å². The van der Waals surface area contributed by atoms with Crippen LogP contribution in [0.2, 0.25) is 0 Å². The Balaban J connectivity index is 2.59. The van der Waals surface area contributed by atoms with Gasteiger partial charge in [-0.25, -0.2) is 0 Å². The average molecular weight is 123 g/mol. The molecule has 0 aromatic rings. The van der Waals surface area contributed by atoms with E-state index < -0.39 is 10.9 Å². The highest BCUT2D eigenvalue weighted by Crippen LogP contribution is 2.23. The number of ether oxygens (including phenoxy) is 1. The number of hydrogen-bond donors (Lipinski definition) is 2. The van der Waals surface area contributed by atoms with Gasteiger partial charge in [0, 0.05) is 0 Å². The number of rotatable bonds is 1. The molecule has 0 spiro atoms. The molecule has 3 nitrogen and oxygen atoms in total. The van der Waals surface area contributed by atoms with Crippen molar-refractivity contribution in [1.82, 2.24) is 0 Å². The van der Waals surface area contributed by atoms with Crippen molar-refractivity contribution in [2.75, 3.05) is 13.2 Å². The van der Waals surface area contributed by atoms with Gasteiger partial charge >= 0.3 is 0 Å². The summed E-state index contributed by atoms with van der Waals surface area (Å²) in [5, 5.41) is 7.71. The molecule has 5 heteroatoms. The normalized spacial score (nSPS) is 25.1. The first-order valence-electron chi connectivity index (χ1n) is 2.62. The van der Waals surface area contributed by atoms with Crippen LogP contribution in [0.4, 0.5) is 0 Å². The van der Waals surface area contributed by atoms with E-state index in [-0.39, 0.29) is 13.2 Å². The van der Waals surface area contributed by atoms with Gasteiger partial charge in [-0.3, -0.25) is 0 Å².